The highest BCUT2D eigenvalue weighted by Crippen LogP contribution is 2.00. The van der Waals surface area contributed by atoms with Gasteiger partial charge in [0, 0.05) is 18.7 Å². The second-order valence-corrected chi connectivity index (χ2v) is 4.07. The van der Waals surface area contributed by atoms with Crippen molar-refractivity contribution in [1.29, 1.82) is 0 Å². The fourth-order valence-electron chi connectivity index (χ4n) is 1.74. The number of likely N-dealkylation sites (N-methyl/N-ethyl adjacent to an activating group) is 1. The van der Waals surface area contributed by atoms with Crippen molar-refractivity contribution >= 4 is 11.8 Å². The number of benzene rings is 1. The number of rotatable bonds is 5. The summed E-state index contributed by atoms with van der Waals surface area (Å²) in [5, 5.41) is 2.71. The van der Waals surface area contributed by atoms with E-state index in [0.717, 1.165) is 0 Å². The van der Waals surface area contributed by atoms with Crippen LogP contribution in [0.15, 0.2) is 30.3 Å². The molecule has 18 heavy (non-hydrogen) atoms. The first-order chi connectivity index (χ1) is 8.60. The predicted octanol–water partition coefficient (Wildman–Crippen LogP) is 1.67. The van der Waals surface area contributed by atoms with Crippen LogP contribution in [0.25, 0.3) is 0 Å². The summed E-state index contributed by atoms with van der Waals surface area (Å²) >= 11 is 0. The highest BCUT2D eigenvalue weighted by molar-refractivity contribution is 5.97. The molecule has 0 bridgehead atoms. The van der Waals surface area contributed by atoms with Crippen molar-refractivity contribution in [3.05, 3.63) is 35.9 Å². The largest absolute Gasteiger partial charge is 0.341 e. The van der Waals surface area contributed by atoms with E-state index < -0.39 is 6.04 Å². The van der Waals surface area contributed by atoms with E-state index in [1.807, 2.05) is 19.9 Å². The molecule has 4 heteroatoms. The quantitative estimate of drug-likeness (QED) is 0.861. The van der Waals surface area contributed by atoms with Crippen LogP contribution < -0.4 is 5.32 Å². The second kappa shape index (κ2) is 6.79. The van der Waals surface area contributed by atoms with Gasteiger partial charge in [0.05, 0.1) is 0 Å². The Morgan fingerprint density at radius 1 is 1.17 bits per heavy atom. The van der Waals surface area contributed by atoms with Crippen LogP contribution >= 0.6 is 0 Å². The lowest BCUT2D eigenvalue weighted by atomic mass is 10.2. The number of amides is 2. The number of carbonyl (C=O) groups excluding carboxylic acids is 2. The van der Waals surface area contributed by atoms with Gasteiger partial charge in [-0.25, -0.2) is 0 Å². The fraction of sp³-hybridized carbons (Fsp3) is 0.429. The zero-order valence-electron chi connectivity index (χ0n) is 11.1. The van der Waals surface area contributed by atoms with Gasteiger partial charge in [-0.05, 0) is 32.9 Å². The van der Waals surface area contributed by atoms with Crippen molar-refractivity contribution in [3.8, 4) is 0 Å². The van der Waals surface area contributed by atoms with E-state index in [9.17, 15) is 9.59 Å². The summed E-state index contributed by atoms with van der Waals surface area (Å²) in [6, 6.07) is 8.39. The first kappa shape index (κ1) is 14.2. The molecule has 1 unspecified atom stereocenters. The standard InChI is InChI=1S/C14H20N2O2/c1-4-16(5-2)14(18)11(3)15-13(17)12-9-7-6-8-10-12/h6-11H,4-5H2,1-3H3,(H,15,17). The molecule has 0 fully saturated rings. The molecule has 1 rings (SSSR count). The van der Waals surface area contributed by atoms with Gasteiger partial charge in [0.15, 0.2) is 0 Å². The lowest BCUT2D eigenvalue weighted by molar-refractivity contribution is -0.132. The van der Waals surface area contributed by atoms with E-state index in [0.29, 0.717) is 18.7 Å². The smallest absolute Gasteiger partial charge is 0.251 e. The van der Waals surface area contributed by atoms with Gasteiger partial charge in [0.25, 0.3) is 5.91 Å². The SMILES string of the molecule is CCN(CC)C(=O)C(C)NC(=O)c1ccccc1. The molecule has 4 nitrogen and oxygen atoms in total. The van der Waals surface area contributed by atoms with E-state index in [4.69, 9.17) is 0 Å². The van der Waals surface area contributed by atoms with Crippen molar-refractivity contribution < 1.29 is 9.59 Å². The Kier molecular flexibility index (Phi) is 5.36. The van der Waals surface area contributed by atoms with Crippen LogP contribution in [0.1, 0.15) is 31.1 Å². The first-order valence-electron chi connectivity index (χ1n) is 6.24. The van der Waals surface area contributed by atoms with Gasteiger partial charge in [-0.2, -0.15) is 0 Å². The molecule has 2 amide bonds. The van der Waals surface area contributed by atoms with E-state index in [-0.39, 0.29) is 11.8 Å². The third-order valence-corrected chi connectivity index (χ3v) is 2.83. The fourth-order valence-corrected chi connectivity index (χ4v) is 1.74. The number of hydrogen-bond acceptors (Lipinski definition) is 2. The first-order valence-corrected chi connectivity index (χ1v) is 6.24. The third-order valence-electron chi connectivity index (χ3n) is 2.83. The van der Waals surface area contributed by atoms with Crippen molar-refractivity contribution in [3.63, 3.8) is 0 Å². The molecule has 1 aromatic carbocycles. The second-order valence-electron chi connectivity index (χ2n) is 4.07. The summed E-state index contributed by atoms with van der Waals surface area (Å²) in [7, 11) is 0. The molecule has 0 aromatic heterocycles. The van der Waals surface area contributed by atoms with E-state index in [1.54, 1.807) is 36.1 Å². The average Bonchev–Trinajstić information content (AvgIpc) is 2.40. The van der Waals surface area contributed by atoms with Crippen LogP contribution in [0.3, 0.4) is 0 Å². The number of hydrogen-bond donors (Lipinski definition) is 1. The maximum absolute atomic E-state index is 12.0. The highest BCUT2D eigenvalue weighted by atomic mass is 16.2. The van der Waals surface area contributed by atoms with Crippen molar-refractivity contribution in [1.82, 2.24) is 10.2 Å². The molecule has 0 saturated carbocycles. The van der Waals surface area contributed by atoms with Crippen LogP contribution in [0.2, 0.25) is 0 Å². The Morgan fingerprint density at radius 2 is 1.72 bits per heavy atom. The summed E-state index contributed by atoms with van der Waals surface area (Å²) < 4.78 is 0. The molecule has 0 radical (unpaired) electrons. The van der Waals surface area contributed by atoms with Crippen LogP contribution in [0.4, 0.5) is 0 Å². The Hall–Kier alpha value is -1.84. The summed E-state index contributed by atoms with van der Waals surface area (Å²) in [6.07, 6.45) is 0. The van der Waals surface area contributed by atoms with Crippen molar-refractivity contribution in [2.24, 2.45) is 0 Å². The molecule has 0 aliphatic rings. The number of carbonyl (C=O) groups is 2. The van der Waals surface area contributed by atoms with Crippen LogP contribution in [0, 0.1) is 0 Å². The van der Waals surface area contributed by atoms with Gasteiger partial charge in [-0.15, -0.1) is 0 Å². The molecule has 0 heterocycles. The Labute approximate surface area is 108 Å². The maximum Gasteiger partial charge on any atom is 0.251 e. The molecule has 0 saturated heterocycles. The molecule has 0 aliphatic heterocycles. The summed E-state index contributed by atoms with van der Waals surface area (Å²) in [5.41, 5.74) is 0.566. The van der Waals surface area contributed by atoms with Gasteiger partial charge >= 0.3 is 0 Å². The minimum atomic E-state index is -0.502. The van der Waals surface area contributed by atoms with Crippen molar-refractivity contribution in [2.45, 2.75) is 26.8 Å². The predicted molar refractivity (Wildman–Crippen MR) is 71.3 cm³/mol. The summed E-state index contributed by atoms with van der Waals surface area (Å²) in [4.78, 5) is 25.6. The molecule has 1 atom stereocenters. The van der Waals surface area contributed by atoms with Gasteiger partial charge in [0.1, 0.15) is 6.04 Å². The van der Waals surface area contributed by atoms with Gasteiger partial charge < -0.3 is 10.2 Å². The molecular weight excluding hydrogens is 228 g/mol. The lowest BCUT2D eigenvalue weighted by Gasteiger charge is -2.23. The lowest BCUT2D eigenvalue weighted by Crippen LogP contribution is -2.46. The molecule has 0 aliphatic carbocycles. The minimum Gasteiger partial charge on any atom is -0.341 e. The Morgan fingerprint density at radius 3 is 2.22 bits per heavy atom. The summed E-state index contributed by atoms with van der Waals surface area (Å²) in [5.74, 6) is -0.270. The Balaban J connectivity index is 2.62. The zero-order chi connectivity index (χ0) is 13.5. The monoisotopic (exact) mass is 248 g/mol. The topological polar surface area (TPSA) is 49.4 Å². The van der Waals surface area contributed by atoms with E-state index >= 15 is 0 Å². The van der Waals surface area contributed by atoms with Gasteiger partial charge in [-0.3, -0.25) is 9.59 Å². The Bertz CT molecular complexity index is 400. The maximum atomic E-state index is 12.0. The average molecular weight is 248 g/mol. The van der Waals surface area contributed by atoms with Crippen LogP contribution in [-0.2, 0) is 4.79 Å². The summed E-state index contributed by atoms with van der Waals surface area (Å²) in [6.45, 7) is 6.86. The molecule has 98 valence electrons. The van der Waals surface area contributed by atoms with E-state index in [1.165, 1.54) is 0 Å². The van der Waals surface area contributed by atoms with Crippen molar-refractivity contribution in [2.75, 3.05) is 13.1 Å². The molecule has 1 aromatic rings. The molecule has 0 spiro atoms. The van der Waals surface area contributed by atoms with Crippen LogP contribution in [0.5, 0.6) is 0 Å². The highest BCUT2D eigenvalue weighted by Gasteiger charge is 2.20. The minimum absolute atomic E-state index is 0.0516. The third kappa shape index (κ3) is 3.58. The normalized spacial score (nSPS) is 11.7. The number of nitrogens with one attached hydrogen (secondary N) is 1. The molecule has 1 N–H and O–H groups in total. The zero-order valence-corrected chi connectivity index (χ0v) is 11.1. The van der Waals surface area contributed by atoms with Crippen LogP contribution in [-0.4, -0.2) is 35.8 Å². The van der Waals surface area contributed by atoms with Gasteiger partial charge in [0.2, 0.25) is 5.91 Å². The van der Waals surface area contributed by atoms with E-state index in [2.05, 4.69) is 5.32 Å². The number of nitrogens with zero attached hydrogens (tertiary/aromatic N) is 1. The molecular formula is C14H20N2O2. The van der Waals surface area contributed by atoms with Gasteiger partial charge in [-0.1, -0.05) is 18.2 Å².